The van der Waals surface area contributed by atoms with Gasteiger partial charge in [0.25, 0.3) is 0 Å². The van der Waals surface area contributed by atoms with Crippen LogP contribution < -0.4 is 10.1 Å². The first kappa shape index (κ1) is 18.5. The second-order valence-corrected chi connectivity index (χ2v) is 5.94. The molecule has 0 atom stereocenters. The minimum absolute atomic E-state index is 0.180. The molecule has 25 heavy (non-hydrogen) atoms. The molecule has 5 nitrogen and oxygen atoms in total. The first-order valence-electron chi connectivity index (χ1n) is 8.20. The summed E-state index contributed by atoms with van der Waals surface area (Å²) in [7, 11) is 1.32. The number of esters is 1. The zero-order valence-corrected chi connectivity index (χ0v) is 14.7. The topological polar surface area (TPSA) is 64.6 Å². The number of hydrogen-bond donors (Lipinski definition) is 1. The van der Waals surface area contributed by atoms with Crippen molar-refractivity contribution in [3.8, 4) is 5.75 Å². The average Bonchev–Trinajstić information content (AvgIpc) is 2.61. The zero-order valence-electron chi connectivity index (χ0n) is 14.7. The van der Waals surface area contributed by atoms with Crippen molar-refractivity contribution in [2.75, 3.05) is 19.0 Å². The third-order valence-corrected chi connectivity index (χ3v) is 3.71. The van der Waals surface area contributed by atoms with Gasteiger partial charge < -0.3 is 14.8 Å². The van der Waals surface area contributed by atoms with Crippen LogP contribution in [0, 0.1) is 0 Å². The van der Waals surface area contributed by atoms with Gasteiger partial charge in [0.1, 0.15) is 5.75 Å². The van der Waals surface area contributed by atoms with Crippen molar-refractivity contribution < 1.29 is 19.1 Å². The van der Waals surface area contributed by atoms with E-state index >= 15 is 0 Å². The van der Waals surface area contributed by atoms with Crippen LogP contribution in [0.3, 0.4) is 0 Å². The lowest BCUT2D eigenvalue weighted by atomic mass is 10.0. The van der Waals surface area contributed by atoms with Crippen LogP contribution >= 0.6 is 0 Å². The number of benzene rings is 2. The van der Waals surface area contributed by atoms with E-state index in [9.17, 15) is 9.59 Å². The standard InChI is InChI=1S/C20H23NO4/c1-14(2)15-7-9-18(10-8-15)25-12-11-19(22)21-17-6-4-5-16(13-17)20(23)24-3/h4-10,13-14H,11-12H2,1-3H3,(H,21,22). The summed E-state index contributed by atoms with van der Waals surface area (Å²) in [5.41, 5.74) is 2.19. The fourth-order valence-electron chi connectivity index (χ4n) is 2.28. The molecule has 0 spiro atoms. The van der Waals surface area contributed by atoms with Gasteiger partial charge in [-0.2, -0.15) is 0 Å². The van der Waals surface area contributed by atoms with Crippen molar-refractivity contribution in [3.05, 3.63) is 59.7 Å². The summed E-state index contributed by atoms with van der Waals surface area (Å²) >= 11 is 0. The van der Waals surface area contributed by atoms with E-state index < -0.39 is 5.97 Å². The van der Waals surface area contributed by atoms with Gasteiger partial charge in [0.2, 0.25) is 5.91 Å². The van der Waals surface area contributed by atoms with Crippen molar-refractivity contribution in [1.29, 1.82) is 0 Å². The van der Waals surface area contributed by atoms with Crippen molar-refractivity contribution in [1.82, 2.24) is 0 Å². The van der Waals surface area contributed by atoms with E-state index in [4.69, 9.17) is 4.74 Å². The van der Waals surface area contributed by atoms with Crippen molar-refractivity contribution in [3.63, 3.8) is 0 Å². The summed E-state index contributed by atoms with van der Waals surface area (Å²) in [5, 5.41) is 2.74. The van der Waals surface area contributed by atoms with Gasteiger partial charge in [0.15, 0.2) is 0 Å². The molecule has 0 unspecified atom stereocenters. The maximum absolute atomic E-state index is 12.0. The van der Waals surface area contributed by atoms with Gasteiger partial charge in [-0.25, -0.2) is 4.79 Å². The predicted octanol–water partition coefficient (Wildman–Crippen LogP) is 4.00. The molecule has 0 radical (unpaired) electrons. The smallest absolute Gasteiger partial charge is 0.337 e. The molecular weight excluding hydrogens is 318 g/mol. The summed E-state index contributed by atoms with van der Waals surface area (Å²) in [4.78, 5) is 23.5. The molecule has 1 N–H and O–H groups in total. The second-order valence-electron chi connectivity index (χ2n) is 5.94. The lowest BCUT2D eigenvalue weighted by Gasteiger charge is -2.10. The molecule has 0 aliphatic heterocycles. The SMILES string of the molecule is COC(=O)c1cccc(NC(=O)CCOc2ccc(C(C)C)cc2)c1. The average molecular weight is 341 g/mol. The molecule has 2 aromatic carbocycles. The monoisotopic (exact) mass is 341 g/mol. The van der Waals surface area contributed by atoms with Crippen LogP contribution in [0.5, 0.6) is 5.75 Å². The minimum atomic E-state index is -0.440. The lowest BCUT2D eigenvalue weighted by molar-refractivity contribution is -0.116. The van der Waals surface area contributed by atoms with Gasteiger partial charge in [-0.3, -0.25) is 4.79 Å². The number of nitrogens with one attached hydrogen (secondary N) is 1. The van der Waals surface area contributed by atoms with Crippen LogP contribution in [0.2, 0.25) is 0 Å². The molecule has 2 aromatic rings. The van der Waals surface area contributed by atoms with Crippen LogP contribution in [0.15, 0.2) is 48.5 Å². The highest BCUT2D eigenvalue weighted by Crippen LogP contribution is 2.18. The molecule has 0 saturated carbocycles. The van der Waals surface area contributed by atoms with E-state index in [-0.39, 0.29) is 18.9 Å². The van der Waals surface area contributed by atoms with Crippen molar-refractivity contribution in [2.45, 2.75) is 26.2 Å². The number of rotatable bonds is 7. The van der Waals surface area contributed by atoms with E-state index in [1.54, 1.807) is 24.3 Å². The Morgan fingerprint density at radius 2 is 1.80 bits per heavy atom. The molecule has 0 bridgehead atoms. The van der Waals surface area contributed by atoms with Gasteiger partial charge >= 0.3 is 5.97 Å². The third kappa shape index (κ3) is 5.64. The molecule has 0 heterocycles. The number of anilines is 1. The molecule has 0 fully saturated rings. The van der Waals surface area contributed by atoms with Crippen LogP contribution in [0.1, 0.15) is 42.1 Å². The molecular formula is C20H23NO4. The highest BCUT2D eigenvalue weighted by molar-refractivity contribution is 5.94. The highest BCUT2D eigenvalue weighted by Gasteiger charge is 2.08. The molecule has 5 heteroatoms. The summed E-state index contributed by atoms with van der Waals surface area (Å²) in [6.45, 7) is 4.55. The van der Waals surface area contributed by atoms with Gasteiger partial charge in [0.05, 0.1) is 25.7 Å². The van der Waals surface area contributed by atoms with Gasteiger partial charge in [0, 0.05) is 5.69 Å². The first-order chi connectivity index (χ1) is 12.0. The summed E-state index contributed by atoms with van der Waals surface area (Å²) in [6.07, 6.45) is 0.217. The van der Waals surface area contributed by atoms with Crippen molar-refractivity contribution in [2.24, 2.45) is 0 Å². The Bertz CT molecular complexity index is 723. The minimum Gasteiger partial charge on any atom is -0.493 e. The Hall–Kier alpha value is -2.82. The number of amides is 1. The third-order valence-electron chi connectivity index (χ3n) is 3.71. The molecule has 132 valence electrons. The summed E-state index contributed by atoms with van der Waals surface area (Å²) in [5.74, 6) is 0.593. The Labute approximate surface area is 148 Å². The summed E-state index contributed by atoms with van der Waals surface area (Å²) < 4.78 is 10.3. The quantitative estimate of drug-likeness (QED) is 0.773. The number of carbonyl (C=O) groups excluding carboxylic acids is 2. The highest BCUT2D eigenvalue weighted by atomic mass is 16.5. The Balaban J connectivity index is 1.81. The van der Waals surface area contributed by atoms with E-state index in [1.165, 1.54) is 12.7 Å². The van der Waals surface area contributed by atoms with E-state index in [1.807, 2.05) is 24.3 Å². The Morgan fingerprint density at radius 1 is 1.08 bits per heavy atom. The number of carbonyl (C=O) groups is 2. The maximum atomic E-state index is 12.0. The van der Waals surface area contributed by atoms with Crippen LogP contribution in [0.4, 0.5) is 5.69 Å². The largest absolute Gasteiger partial charge is 0.493 e. The molecule has 0 saturated heterocycles. The predicted molar refractivity (Wildman–Crippen MR) is 97.1 cm³/mol. The van der Waals surface area contributed by atoms with Gasteiger partial charge in [-0.05, 0) is 41.8 Å². The van der Waals surface area contributed by atoms with Gasteiger partial charge in [-0.15, -0.1) is 0 Å². The summed E-state index contributed by atoms with van der Waals surface area (Å²) in [6, 6.07) is 14.5. The Kier molecular flexibility index (Phi) is 6.57. The zero-order chi connectivity index (χ0) is 18.2. The molecule has 0 aliphatic rings. The number of ether oxygens (including phenoxy) is 2. The fourth-order valence-corrected chi connectivity index (χ4v) is 2.28. The van der Waals surface area contributed by atoms with Crippen LogP contribution in [-0.4, -0.2) is 25.6 Å². The number of hydrogen-bond acceptors (Lipinski definition) is 4. The van der Waals surface area contributed by atoms with E-state index in [0.717, 1.165) is 5.75 Å². The maximum Gasteiger partial charge on any atom is 0.337 e. The second kappa shape index (κ2) is 8.87. The van der Waals surface area contributed by atoms with E-state index in [0.29, 0.717) is 17.2 Å². The molecule has 1 amide bonds. The first-order valence-corrected chi connectivity index (χ1v) is 8.20. The fraction of sp³-hybridized carbons (Fsp3) is 0.300. The molecule has 0 aliphatic carbocycles. The normalized spacial score (nSPS) is 10.4. The van der Waals surface area contributed by atoms with Gasteiger partial charge in [-0.1, -0.05) is 32.0 Å². The molecule has 0 aromatic heterocycles. The van der Waals surface area contributed by atoms with E-state index in [2.05, 4.69) is 23.9 Å². The van der Waals surface area contributed by atoms with Crippen LogP contribution in [-0.2, 0) is 9.53 Å². The van der Waals surface area contributed by atoms with Crippen molar-refractivity contribution >= 4 is 17.6 Å². The molecule has 2 rings (SSSR count). The number of methoxy groups -OCH3 is 1. The van der Waals surface area contributed by atoms with Crippen LogP contribution in [0.25, 0.3) is 0 Å². The lowest BCUT2D eigenvalue weighted by Crippen LogP contribution is -2.15. The Morgan fingerprint density at radius 3 is 2.44 bits per heavy atom.